The second kappa shape index (κ2) is 5.72. The molecule has 2 amide bonds. The summed E-state index contributed by atoms with van der Waals surface area (Å²) in [6.07, 6.45) is 1.40. The van der Waals surface area contributed by atoms with E-state index in [0.717, 1.165) is 25.9 Å². The molecule has 92 valence electrons. The van der Waals surface area contributed by atoms with Crippen LogP contribution in [-0.2, 0) is 9.53 Å². The minimum absolute atomic E-state index is 0.111. The normalized spacial score (nSPS) is 17.1. The van der Waals surface area contributed by atoms with E-state index < -0.39 is 0 Å². The van der Waals surface area contributed by atoms with Gasteiger partial charge in [-0.1, -0.05) is 0 Å². The molecule has 1 rings (SSSR count). The highest BCUT2D eigenvalue weighted by molar-refractivity contribution is 5.73. The predicted octanol–water partition coefficient (Wildman–Crippen LogP) is 1.09. The summed E-state index contributed by atoms with van der Waals surface area (Å²) in [5.41, 5.74) is 0. The predicted molar refractivity (Wildman–Crippen MR) is 60.1 cm³/mol. The van der Waals surface area contributed by atoms with Gasteiger partial charge in [0.2, 0.25) is 5.91 Å². The zero-order valence-electron chi connectivity index (χ0n) is 10.2. The molecule has 5 heteroatoms. The molecule has 0 saturated carbocycles. The number of piperidine rings is 1. The van der Waals surface area contributed by atoms with Crippen LogP contribution in [-0.4, -0.2) is 54.6 Å². The second-order valence-electron chi connectivity index (χ2n) is 3.99. The van der Waals surface area contributed by atoms with Gasteiger partial charge in [-0.2, -0.15) is 0 Å². The molecule has 0 N–H and O–H groups in total. The zero-order chi connectivity index (χ0) is 12.1. The molecule has 16 heavy (non-hydrogen) atoms. The second-order valence-corrected chi connectivity index (χ2v) is 3.99. The minimum atomic E-state index is -0.274. The van der Waals surface area contributed by atoms with Gasteiger partial charge in [-0.05, 0) is 19.8 Å². The number of methoxy groups -OCH3 is 1. The molecule has 1 fully saturated rings. The molecule has 1 aliphatic rings. The van der Waals surface area contributed by atoms with E-state index in [0.29, 0.717) is 6.54 Å². The van der Waals surface area contributed by atoms with E-state index in [2.05, 4.69) is 0 Å². The summed E-state index contributed by atoms with van der Waals surface area (Å²) in [6.45, 7) is 5.63. The van der Waals surface area contributed by atoms with Gasteiger partial charge in [-0.25, -0.2) is 4.79 Å². The maximum atomic E-state index is 11.5. The van der Waals surface area contributed by atoms with Crippen LogP contribution < -0.4 is 0 Å². The standard InChI is InChI=1S/C11H20N2O3/c1-4-13(11(15)16-3)10-5-7-12(8-6-10)9(2)14/h10H,4-8H2,1-3H3. The number of amides is 2. The molecule has 0 radical (unpaired) electrons. The number of hydrogen-bond donors (Lipinski definition) is 0. The summed E-state index contributed by atoms with van der Waals surface area (Å²) in [5.74, 6) is 0.111. The van der Waals surface area contributed by atoms with E-state index >= 15 is 0 Å². The molecule has 0 spiro atoms. The number of hydrogen-bond acceptors (Lipinski definition) is 3. The van der Waals surface area contributed by atoms with Crippen molar-refractivity contribution in [1.29, 1.82) is 0 Å². The van der Waals surface area contributed by atoms with Crippen LogP contribution in [0.3, 0.4) is 0 Å². The lowest BCUT2D eigenvalue weighted by Gasteiger charge is -2.36. The molecule has 1 aliphatic heterocycles. The van der Waals surface area contributed by atoms with Crippen molar-refractivity contribution in [2.45, 2.75) is 32.7 Å². The zero-order valence-corrected chi connectivity index (χ0v) is 10.2. The van der Waals surface area contributed by atoms with E-state index in [1.54, 1.807) is 11.8 Å². The number of likely N-dealkylation sites (tertiary alicyclic amines) is 1. The number of carbonyl (C=O) groups is 2. The van der Waals surface area contributed by atoms with Gasteiger partial charge in [-0.3, -0.25) is 4.79 Å². The third-order valence-electron chi connectivity index (χ3n) is 3.10. The monoisotopic (exact) mass is 228 g/mol. The maximum absolute atomic E-state index is 11.5. The van der Waals surface area contributed by atoms with E-state index in [4.69, 9.17) is 4.74 Å². The molecule has 1 heterocycles. The van der Waals surface area contributed by atoms with Gasteiger partial charge in [0.15, 0.2) is 0 Å². The van der Waals surface area contributed by atoms with Gasteiger partial charge < -0.3 is 14.5 Å². The van der Waals surface area contributed by atoms with Crippen molar-refractivity contribution in [3.05, 3.63) is 0 Å². The smallest absolute Gasteiger partial charge is 0.409 e. The van der Waals surface area contributed by atoms with E-state index in [1.165, 1.54) is 7.11 Å². The average molecular weight is 228 g/mol. The lowest BCUT2D eigenvalue weighted by Crippen LogP contribution is -2.48. The van der Waals surface area contributed by atoms with Gasteiger partial charge in [0.25, 0.3) is 0 Å². The quantitative estimate of drug-likeness (QED) is 0.710. The summed E-state index contributed by atoms with van der Waals surface area (Å²) in [7, 11) is 1.40. The van der Waals surface area contributed by atoms with Crippen molar-refractivity contribution in [1.82, 2.24) is 9.80 Å². The molecular weight excluding hydrogens is 208 g/mol. The Bertz CT molecular complexity index is 260. The molecule has 0 aliphatic carbocycles. The largest absolute Gasteiger partial charge is 0.453 e. The third kappa shape index (κ3) is 2.87. The van der Waals surface area contributed by atoms with Crippen LogP contribution >= 0.6 is 0 Å². The minimum Gasteiger partial charge on any atom is -0.453 e. The van der Waals surface area contributed by atoms with Crippen molar-refractivity contribution >= 4 is 12.0 Å². The number of nitrogens with zero attached hydrogens (tertiary/aromatic N) is 2. The van der Waals surface area contributed by atoms with Crippen LogP contribution in [0.1, 0.15) is 26.7 Å². The number of rotatable bonds is 2. The topological polar surface area (TPSA) is 49.9 Å². The highest BCUT2D eigenvalue weighted by Crippen LogP contribution is 2.17. The van der Waals surface area contributed by atoms with Gasteiger partial charge in [0.1, 0.15) is 0 Å². The van der Waals surface area contributed by atoms with Crippen molar-refractivity contribution in [2.75, 3.05) is 26.7 Å². The van der Waals surface area contributed by atoms with Gasteiger partial charge in [0, 0.05) is 32.6 Å². The van der Waals surface area contributed by atoms with Gasteiger partial charge >= 0.3 is 6.09 Å². The Kier molecular flexibility index (Phi) is 4.58. The van der Waals surface area contributed by atoms with Crippen LogP contribution in [0.5, 0.6) is 0 Å². The number of carbonyl (C=O) groups excluding carboxylic acids is 2. The molecule has 0 atom stereocenters. The van der Waals surface area contributed by atoms with Crippen molar-refractivity contribution < 1.29 is 14.3 Å². The summed E-state index contributed by atoms with van der Waals surface area (Å²) < 4.78 is 4.74. The third-order valence-corrected chi connectivity index (χ3v) is 3.10. The Morgan fingerprint density at radius 3 is 2.31 bits per heavy atom. The van der Waals surface area contributed by atoms with Crippen LogP contribution in [0.2, 0.25) is 0 Å². The highest BCUT2D eigenvalue weighted by Gasteiger charge is 2.27. The fourth-order valence-corrected chi connectivity index (χ4v) is 2.15. The molecule has 1 saturated heterocycles. The Labute approximate surface area is 96.3 Å². The van der Waals surface area contributed by atoms with Gasteiger partial charge in [0.05, 0.1) is 7.11 Å². The van der Waals surface area contributed by atoms with E-state index in [-0.39, 0.29) is 18.0 Å². The van der Waals surface area contributed by atoms with Gasteiger partial charge in [-0.15, -0.1) is 0 Å². The molecule has 0 unspecified atom stereocenters. The molecule has 0 aromatic heterocycles. The summed E-state index contributed by atoms with van der Waals surface area (Å²) in [6, 6.07) is 0.202. The first-order valence-electron chi connectivity index (χ1n) is 5.70. The Morgan fingerprint density at radius 2 is 1.94 bits per heavy atom. The van der Waals surface area contributed by atoms with Crippen LogP contribution in [0, 0.1) is 0 Å². The maximum Gasteiger partial charge on any atom is 0.409 e. The van der Waals surface area contributed by atoms with Crippen molar-refractivity contribution in [3.8, 4) is 0 Å². The lowest BCUT2D eigenvalue weighted by atomic mass is 10.0. The molecule has 0 aromatic rings. The first-order valence-corrected chi connectivity index (χ1v) is 5.70. The van der Waals surface area contributed by atoms with Crippen LogP contribution in [0.15, 0.2) is 0 Å². The first kappa shape index (κ1) is 12.8. The Balaban J connectivity index is 2.51. The van der Waals surface area contributed by atoms with E-state index in [1.807, 2.05) is 11.8 Å². The average Bonchev–Trinajstić information content (AvgIpc) is 2.30. The first-order chi connectivity index (χ1) is 7.60. The van der Waals surface area contributed by atoms with Crippen LogP contribution in [0.25, 0.3) is 0 Å². The van der Waals surface area contributed by atoms with Crippen LogP contribution in [0.4, 0.5) is 4.79 Å². The van der Waals surface area contributed by atoms with Crippen molar-refractivity contribution in [3.63, 3.8) is 0 Å². The summed E-state index contributed by atoms with van der Waals surface area (Å²) in [4.78, 5) is 26.2. The fraction of sp³-hybridized carbons (Fsp3) is 0.818. The van der Waals surface area contributed by atoms with Crippen molar-refractivity contribution in [2.24, 2.45) is 0 Å². The summed E-state index contributed by atoms with van der Waals surface area (Å²) >= 11 is 0. The number of ether oxygens (including phenoxy) is 1. The Hall–Kier alpha value is -1.26. The molecule has 5 nitrogen and oxygen atoms in total. The summed E-state index contributed by atoms with van der Waals surface area (Å²) in [5, 5.41) is 0. The SMILES string of the molecule is CCN(C(=O)OC)C1CCN(C(C)=O)CC1. The molecular formula is C11H20N2O3. The fourth-order valence-electron chi connectivity index (χ4n) is 2.15. The van der Waals surface area contributed by atoms with E-state index in [9.17, 15) is 9.59 Å². The lowest BCUT2D eigenvalue weighted by molar-refractivity contribution is -0.130. The molecule has 0 aromatic carbocycles. The molecule has 0 bridgehead atoms. The highest BCUT2D eigenvalue weighted by atomic mass is 16.5. The Morgan fingerprint density at radius 1 is 1.38 bits per heavy atom.